The van der Waals surface area contributed by atoms with Gasteiger partial charge in [-0.05, 0) is 25.9 Å². The third-order valence-electron chi connectivity index (χ3n) is 2.60. The molecule has 0 unspecified atom stereocenters. The van der Waals surface area contributed by atoms with E-state index in [0.29, 0.717) is 0 Å². The second kappa shape index (κ2) is 4.33. The van der Waals surface area contributed by atoms with Crippen LogP contribution in [-0.2, 0) is 0 Å². The lowest BCUT2D eigenvalue weighted by atomic mass is 10.1. The highest BCUT2D eigenvalue weighted by molar-refractivity contribution is 4.78. The molecule has 0 aromatic carbocycles. The average Bonchev–Trinajstić information content (AvgIpc) is 2.09. The molecule has 1 fully saturated rings. The van der Waals surface area contributed by atoms with Crippen LogP contribution in [0.4, 0.5) is 8.78 Å². The maximum Gasteiger partial charge on any atom is 0.260 e. The normalized spacial score (nSPS) is 22.2. The molecule has 0 radical (unpaired) electrons. The Hall–Kier alpha value is -0.220. The summed E-state index contributed by atoms with van der Waals surface area (Å²) < 4.78 is 25.9. The van der Waals surface area contributed by atoms with E-state index in [1.807, 2.05) is 4.90 Å². The molecule has 0 bridgehead atoms. The van der Waals surface area contributed by atoms with Crippen molar-refractivity contribution < 1.29 is 8.78 Å². The van der Waals surface area contributed by atoms with Gasteiger partial charge in [-0.3, -0.25) is 4.90 Å². The predicted molar refractivity (Wildman–Crippen MR) is 48.9 cm³/mol. The van der Waals surface area contributed by atoms with E-state index in [0.717, 1.165) is 25.9 Å². The van der Waals surface area contributed by atoms with Gasteiger partial charge in [0.25, 0.3) is 5.92 Å². The summed E-state index contributed by atoms with van der Waals surface area (Å²) in [6, 6.07) is 0.214. The van der Waals surface area contributed by atoms with Crippen molar-refractivity contribution in [2.45, 2.75) is 38.2 Å². The van der Waals surface area contributed by atoms with Gasteiger partial charge in [-0.2, -0.15) is 0 Å². The SMILES string of the molecule is CCC(F)(F)CN1CCC(N)CC1. The first-order valence-electron chi connectivity index (χ1n) is 4.89. The molecule has 0 amide bonds. The number of hydrogen-bond donors (Lipinski definition) is 1. The van der Waals surface area contributed by atoms with Crippen LogP contribution in [-0.4, -0.2) is 36.5 Å². The summed E-state index contributed by atoms with van der Waals surface area (Å²) in [5.41, 5.74) is 5.68. The molecule has 2 N–H and O–H groups in total. The molecule has 1 heterocycles. The lowest BCUT2D eigenvalue weighted by Gasteiger charge is -2.32. The molecule has 0 atom stereocenters. The lowest BCUT2D eigenvalue weighted by Crippen LogP contribution is -2.44. The minimum absolute atomic E-state index is 0.0739. The largest absolute Gasteiger partial charge is 0.328 e. The number of halogens is 2. The number of nitrogens with two attached hydrogens (primary N) is 1. The molecule has 0 spiro atoms. The minimum Gasteiger partial charge on any atom is -0.328 e. The van der Waals surface area contributed by atoms with Gasteiger partial charge in [0.1, 0.15) is 0 Å². The van der Waals surface area contributed by atoms with Crippen LogP contribution < -0.4 is 5.73 Å². The van der Waals surface area contributed by atoms with Gasteiger partial charge >= 0.3 is 0 Å². The lowest BCUT2D eigenvalue weighted by molar-refractivity contribution is -0.0396. The fraction of sp³-hybridized carbons (Fsp3) is 1.00. The van der Waals surface area contributed by atoms with Gasteiger partial charge in [0.05, 0.1) is 6.54 Å². The van der Waals surface area contributed by atoms with Crippen LogP contribution in [0.3, 0.4) is 0 Å². The number of alkyl halides is 2. The molecule has 1 aliphatic heterocycles. The van der Waals surface area contributed by atoms with Gasteiger partial charge in [-0.25, -0.2) is 8.78 Å². The number of rotatable bonds is 3. The zero-order chi connectivity index (χ0) is 9.90. The Kier molecular flexibility index (Phi) is 3.62. The molecule has 0 saturated carbocycles. The fourth-order valence-corrected chi connectivity index (χ4v) is 1.55. The van der Waals surface area contributed by atoms with E-state index in [2.05, 4.69) is 0 Å². The summed E-state index contributed by atoms with van der Waals surface area (Å²) in [5, 5.41) is 0. The average molecular weight is 192 g/mol. The van der Waals surface area contributed by atoms with Crippen LogP contribution in [0.2, 0.25) is 0 Å². The van der Waals surface area contributed by atoms with Gasteiger partial charge in [0.15, 0.2) is 0 Å². The van der Waals surface area contributed by atoms with E-state index in [1.54, 1.807) is 0 Å². The van der Waals surface area contributed by atoms with E-state index < -0.39 is 5.92 Å². The highest BCUT2D eigenvalue weighted by Gasteiger charge is 2.30. The summed E-state index contributed by atoms with van der Waals surface area (Å²) in [5.74, 6) is -2.53. The van der Waals surface area contributed by atoms with Gasteiger partial charge in [-0.1, -0.05) is 6.92 Å². The molecule has 2 nitrogen and oxygen atoms in total. The van der Waals surface area contributed by atoms with E-state index in [1.165, 1.54) is 6.92 Å². The number of likely N-dealkylation sites (tertiary alicyclic amines) is 1. The van der Waals surface area contributed by atoms with Gasteiger partial charge in [-0.15, -0.1) is 0 Å². The zero-order valence-electron chi connectivity index (χ0n) is 8.10. The van der Waals surface area contributed by atoms with Gasteiger partial charge in [0.2, 0.25) is 0 Å². The smallest absolute Gasteiger partial charge is 0.260 e. The zero-order valence-corrected chi connectivity index (χ0v) is 8.10. The van der Waals surface area contributed by atoms with Crippen molar-refractivity contribution in [3.05, 3.63) is 0 Å². The Morgan fingerprint density at radius 3 is 2.38 bits per heavy atom. The van der Waals surface area contributed by atoms with Crippen LogP contribution in [0.5, 0.6) is 0 Å². The number of piperidine rings is 1. The maximum absolute atomic E-state index is 13.0. The van der Waals surface area contributed by atoms with Crippen molar-refractivity contribution in [3.8, 4) is 0 Å². The van der Waals surface area contributed by atoms with Crippen LogP contribution in [0, 0.1) is 0 Å². The minimum atomic E-state index is -2.53. The van der Waals surface area contributed by atoms with Crippen LogP contribution in [0.1, 0.15) is 26.2 Å². The second-order valence-corrected chi connectivity index (χ2v) is 3.82. The highest BCUT2D eigenvalue weighted by Crippen LogP contribution is 2.21. The molecular weight excluding hydrogens is 174 g/mol. The van der Waals surface area contributed by atoms with Crippen molar-refractivity contribution in [1.29, 1.82) is 0 Å². The third-order valence-corrected chi connectivity index (χ3v) is 2.60. The molecular formula is C9H18F2N2. The molecule has 0 aromatic rings. The van der Waals surface area contributed by atoms with E-state index >= 15 is 0 Å². The Morgan fingerprint density at radius 2 is 1.92 bits per heavy atom. The quantitative estimate of drug-likeness (QED) is 0.733. The Morgan fingerprint density at radius 1 is 1.38 bits per heavy atom. The van der Waals surface area contributed by atoms with Crippen molar-refractivity contribution in [2.75, 3.05) is 19.6 Å². The van der Waals surface area contributed by atoms with Crippen LogP contribution in [0.25, 0.3) is 0 Å². The molecule has 1 aliphatic rings. The summed E-state index contributed by atoms with van der Waals surface area (Å²) >= 11 is 0. The molecule has 13 heavy (non-hydrogen) atoms. The third kappa shape index (κ3) is 3.56. The van der Waals surface area contributed by atoms with Crippen molar-refractivity contribution in [3.63, 3.8) is 0 Å². The molecule has 1 rings (SSSR count). The predicted octanol–water partition coefficient (Wildman–Crippen LogP) is 1.45. The summed E-state index contributed by atoms with van der Waals surface area (Å²) in [7, 11) is 0. The number of nitrogens with zero attached hydrogens (tertiary/aromatic N) is 1. The molecule has 1 saturated heterocycles. The standard InChI is InChI=1S/C9H18F2N2/c1-2-9(10,11)7-13-5-3-8(12)4-6-13/h8H,2-7,12H2,1H3. The summed E-state index contributed by atoms with van der Waals surface area (Å²) in [6.07, 6.45) is 1.62. The Balaban J connectivity index is 2.30. The van der Waals surface area contributed by atoms with E-state index in [4.69, 9.17) is 5.73 Å². The highest BCUT2D eigenvalue weighted by atomic mass is 19.3. The molecule has 0 aliphatic carbocycles. The van der Waals surface area contributed by atoms with E-state index in [-0.39, 0.29) is 19.0 Å². The van der Waals surface area contributed by atoms with E-state index in [9.17, 15) is 8.78 Å². The molecule has 4 heteroatoms. The topological polar surface area (TPSA) is 29.3 Å². The van der Waals surface area contributed by atoms with Crippen molar-refractivity contribution >= 4 is 0 Å². The first kappa shape index (κ1) is 10.9. The summed E-state index contributed by atoms with van der Waals surface area (Å²) in [4.78, 5) is 1.81. The Labute approximate surface area is 78.1 Å². The van der Waals surface area contributed by atoms with Gasteiger partial charge < -0.3 is 5.73 Å². The molecule has 0 aromatic heterocycles. The summed E-state index contributed by atoms with van der Waals surface area (Å²) in [6.45, 7) is 2.86. The number of hydrogen-bond acceptors (Lipinski definition) is 2. The fourth-order valence-electron chi connectivity index (χ4n) is 1.55. The first-order chi connectivity index (χ1) is 6.03. The van der Waals surface area contributed by atoms with Crippen molar-refractivity contribution in [2.24, 2.45) is 5.73 Å². The van der Waals surface area contributed by atoms with Crippen molar-refractivity contribution in [1.82, 2.24) is 4.90 Å². The maximum atomic E-state index is 13.0. The molecule has 78 valence electrons. The first-order valence-corrected chi connectivity index (χ1v) is 4.89. The van der Waals surface area contributed by atoms with Crippen LogP contribution in [0.15, 0.2) is 0 Å². The second-order valence-electron chi connectivity index (χ2n) is 3.82. The Bertz CT molecular complexity index is 154. The monoisotopic (exact) mass is 192 g/mol. The van der Waals surface area contributed by atoms with Crippen LogP contribution >= 0.6 is 0 Å². The van der Waals surface area contributed by atoms with Gasteiger partial charge in [0, 0.05) is 12.5 Å².